The molecule has 0 aliphatic heterocycles. The van der Waals surface area contributed by atoms with Crippen LogP contribution in [-0.4, -0.2) is 10.2 Å². The van der Waals surface area contributed by atoms with Crippen molar-refractivity contribution in [1.82, 2.24) is 10.2 Å². The number of hydrogen-bond donors (Lipinski definition) is 1. The van der Waals surface area contributed by atoms with Crippen molar-refractivity contribution in [3.63, 3.8) is 0 Å². The molecule has 2 rings (SSSR count). The second-order valence-electron chi connectivity index (χ2n) is 3.26. The molecule has 0 radical (unpaired) electrons. The Balaban J connectivity index is 2.64. The molecule has 0 bridgehead atoms. The highest BCUT2D eigenvalue weighted by Crippen LogP contribution is 2.18. The number of nitrogens with zero attached hydrogens (tertiary/aromatic N) is 1. The number of benzene rings is 1. The van der Waals surface area contributed by atoms with Crippen LogP contribution in [0.2, 0.25) is 0 Å². The molecule has 0 aliphatic rings. The zero-order valence-corrected chi connectivity index (χ0v) is 8.09. The van der Waals surface area contributed by atoms with E-state index in [4.69, 9.17) is 0 Å². The predicted octanol–water partition coefficient (Wildman–Crippen LogP) is 2.69. The first-order chi connectivity index (χ1) is 6.35. The van der Waals surface area contributed by atoms with Gasteiger partial charge < -0.3 is 0 Å². The fourth-order valence-electron chi connectivity index (χ4n) is 1.60. The highest BCUT2D eigenvalue weighted by Gasteiger charge is 2.02. The highest BCUT2D eigenvalue weighted by atomic mass is 15.1. The quantitative estimate of drug-likeness (QED) is 0.745. The molecule has 0 amide bonds. The molecular formula is C11H14N2. The van der Waals surface area contributed by atoms with Gasteiger partial charge in [0.2, 0.25) is 0 Å². The summed E-state index contributed by atoms with van der Waals surface area (Å²) in [5.41, 5.74) is 3.70. The van der Waals surface area contributed by atoms with Gasteiger partial charge in [0.25, 0.3) is 0 Å². The molecule has 2 aromatic rings. The van der Waals surface area contributed by atoms with Crippen LogP contribution in [0, 0.1) is 0 Å². The summed E-state index contributed by atoms with van der Waals surface area (Å²) >= 11 is 0. The smallest absolute Gasteiger partial charge is 0.0923 e. The van der Waals surface area contributed by atoms with Crippen LogP contribution in [0.15, 0.2) is 18.2 Å². The number of aryl methyl sites for hydroxylation is 2. The molecule has 68 valence electrons. The zero-order valence-electron chi connectivity index (χ0n) is 8.09. The lowest BCUT2D eigenvalue weighted by atomic mass is 10.1. The molecule has 2 nitrogen and oxygen atoms in total. The minimum Gasteiger partial charge on any atom is -0.281 e. The normalized spacial score (nSPS) is 10.9. The number of aromatic amines is 1. The summed E-state index contributed by atoms with van der Waals surface area (Å²) in [6.45, 7) is 4.32. The van der Waals surface area contributed by atoms with Crippen LogP contribution < -0.4 is 0 Å². The van der Waals surface area contributed by atoms with Gasteiger partial charge >= 0.3 is 0 Å². The van der Waals surface area contributed by atoms with Gasteiger partial charge in [-0.2, -0.15) is 5.10 Å². The molecule has 1 aromatic heterocycles. The van der Waals surface area contributed by atoms with E-state index in [1.165, 1.54) is 16.6 Å². The standard InChI is InChI=1S/C11H14N2/c1-3-8-5-6-11-9(7-8)10(4-2)12-13-11/h5-7H,3-4H2,1-2H3,(H,12,13). The summed E-state index contributed by atoms with van der Waals surface area (Å²) in [6.07, 6.45) is 2.11. The Kier molecular flexibility index (Phi) is 2.05. The number of H-pyrrole nitrogens is 1. The van der Waals surface area contributed by atoms with Crippen molar-refractivity contribution in [2.24, 2.45) is 0 Å². The van der Waals surface area contributed by atoms with Gasteiger partial charge in [-0.25, -0.2) is 0 Å². The highest BCUT2D eigenvalue weighted by molar-refractivity contribution is 5.82. The maximum absolute atomic E-state index is 4.24. The molecule has 2 heteroatoms. The molecule has 0 unspecified atom stereocenters. The molecule has 0 aliphatic carbocycles. The molecule has 1 N–H and O–H groups in total. The Morgan fingerprint density at radius 2 is 2.08 bits per heavy atom. The van der Waals surface area contributed by atoms with Crippen molar-refractivity contribution >= 4 is 10.9 Å². The van der Waals surface area contributed by atoms with Gasteiger partial charge in [0.05, 0.1) is 5.52 Å². The van der Waals surface area contributed by atoms with E-state index < -0.39 is 0 Å². The van der Waals surface area contributed by atoms with Crippen LogP contribution in [0.1, 0.15) is 25.1 Å². The molecule has 1 aromatic carbocycles. The van der Waals surface area contributed by atoms with E-state index >= 15 is 0 Å². The summed E-state index contributed by atoms with van der Waals surface area (Å²) in [4.78, 5) is 0. The Morgan fingerprint density at radius 3 is 2.77 bits per heavy atom. The predicted molar refractivity (Wildman–Crippen MR) is 54.8 cm³/mol. The Hall–Kier alpha value is -1.31. The number of rotatable bonds is 2. The van der Waals surface area contributed by atoms with E-state index in [2.05, 4.69) is 42.2 Å². The molecule has 1 heterocycles. The minimum atomic E-state index is 1.02. The van der Waals surface area contributed by atoms with Gasteiger partial charge in [-0.3, -0.25) is 5.10 Å². The lowest BCUT2D eigenvalue weighted by Crippen LogP contribution is -1.82. The lowest BCUT2D eigenvalue weighted by Gasteiger charge is -1.96. The summed E-state index contributed by atoms with van der Waals surface area (Å²) < 4.78 is 0. The Labute approximate surface area is 78.0 Å². The van der Waals surface area contributed by atoms with E-state index in [0.29, 0.717) is 0 Å². The molecule has 0 saturated heterocycles. The SMILES string of the molecule is CCc1ccc2n[nH]c(CC)c2c1. The van der Waals surface area contributed by atoms with Gasteiger partial charge in [-0.15, -0.1) is 0 Å². The van der Waals surface area contributed by atoms with Crippen molar-refractivity contribution in [1.29, 1.82) is 0 Å². The maximum atomic E-state index is 4.24. The molecule has 0 saturated carbocycles. The fraction of sp³-hybridized carbons (Fsp3) is 0.364. The van der Waals surface area contributed by atoms with Gasteiger partial charge in [0.15, 0.2) is 0 Å². The fourth-order valence-corrected chi connectivity index (χ4v) is 1.60. The molecule has 0 atom stereocenters. The Morgan fingerprint density at radius 1 is 1.23 bits per heavy atom. The number of aromatic nitrogens is 2. The van der Waals surface area contributed by atoms with Crippen LogP contribution >= 0.6 is 0 Å². The van der Waals surface area contributed by atoms with E-state index in [1.807, 2.05) is 0 Å². The number of nitrogens with one attached hydrogen (secondary N) is 1. The maximum Gasteiger partial charge on any atom is 0.0923 e. The summed E-state index contributed by atoms with van der Waals surface area (Å²) in [6, 6.07) is 6.46. The van der Waals surface area contributed by atoms with Gasteiger partial charge in [-0.05, 0) is 30.5 Å². The second kappa shape index (κ2) is 3.21. The lowest BCUT2D eigenvalue weighted by molar-refractivity contribution is 0.988. The zero-order chi connectivity index (χ0) is 9.26. The van der Waals surface area contributed by atoms with Gasteiger partial charge in [-0.1, -0.05) is 19.9 Å². The van der Waals surface area contributed by atoms with Crippen LogP contribution in [0.25, 0.3) is 10.9 Å². The molecule has 13 heavy (non-hydrogen) atoms. The number of fused-ring (bicyclic) bond motifs is 1. The average Bonchev–Trinajstić information content (AvgIpc) is 2.59. The van der Waals surface area contributed by atoms with Crippen molar-refractivity contribution in [2.75, 3.05) is 0 Å². The first-order valence-electron chi connectivity index (χ1n) is 4.81. The Bertz CT molecular complexity index is 415. The molecular weight excluding hydrogens is 160 g/mol. The third kappa shape index (κ3) is 1.32. The third-order valence-electron chi connectivity index (χ3n) is 2.46. The monoisotopic (exact) mass is 174 g/mol. The van der Waals surface area contributed by atoms with Crippen LogP contribution in [0.3, 0.4) is 0 Å². The average molecular weight is 174 g/mol. The van der Waals surface area contributed by atoms with E-state index in [1.54, 1.807) is 0 Å². The minimum absolute atomic E-state index is 1.02. The van der Waals surface area contributed by atoms with Gasteiger partial charge in [0, 0.05) is 11.1 Å². The van der Waals surface area contributed by atoms with Gasteiger partial charge in [0.1, 0.15) is 0 Å². The third-order valence-corrected chi connectivity index (χ3v) is 2.46. The van der Waals surface area contributed by atoms with Crippen LogP contribution in [0.4, 0.5) is 0 Å². The number of hydrogen-bond acceptors (Lipinski definition) is 1. The second-order valence-corrected chi connectivity index (χ2v) is 3.26. The molecule has 0 fully saturated rings. The summed E-state index contributed by atoms with van der Waals surface area (Å²) in [7, 11) is 0. The summed E-state index contributed by atoms with van der Waals surface area (Å²) in [5, 5.41) is 8.58. The summed E-state index contributed by atoms with van der Waals surface area (Å²) in [5.74, 6) is 0. The van der Waals surface area contributed by atoms with Crippen molar-refractivity contribution in [3.8, 4) is 0 Å². The topological polar surface area (TPSA) is 28.7 Å². The first-order valence-corrected chi connectivity index (χ1v) is 4.81. The largest absolute Gasteiger partial charge is 0.281 e. The van der Waals surface area contributed by atoms with Crippen LogP contribution in [-0.2, 0) is 12.8 Å². The van der Waals surface area contributed by atoms with E-state index in [9.17, 15) is 0 Å². The van der Waals surface area contributed by atoms with Crippen molar-refractivity contribution < 1.29 is 0 Å². The molecule has 0 spiro atoms. The van der Waals surface area contributed by atoms with Crippen molar-refractivity contribution in [3.05, 3.63) is 29.5 Å². The first kappa shape index (κ1) is 8.30. The van der Waals surface area contributed by atoms with E-state index in [-0.39, 0.29) is 0 Å². The van der Waals surface area contributed by atoms with Crippen LogP contribution in [0.5, 0.6) is 0 Å². The van der Waals surface area contributed by atoms with E-state index in [0.717, 1.165) is 18.4 Å². The van der Waals surface area contributed by atoms with Crippen molar-refractivity contribution in [2.45, 2.75) is 26.7 Å².